The Labute approximate surface area is 156 Å². The van der Waals surface area contributed by atoms with Crippen molar-refractivity contribution >= 4 is 11.4 Å². The van der Waals surface area contributed by atoms with Gasteiger partial charge >= 0.3 is 0 Å². The minimum atomic E-state index is 0.356. The Bertz CT molecular complexity index is 826. The monoisotopic (exact) mass is 349 g/mol. The molecule has 0 saturated carbocycles. The molecular formula is C22H27N3O. The van der Waals surface area contributed by atoms with Crippen molar-refractivity contribution in [2.75, 3.05) is 46.2 Å². The molecule has 2 atom stereocenters. The van der Waals surface area contributed by atoms with Gasteiger partial charge in [0.2, 0.25) is 0 Å². The van der Waals surface area contributed by atoms with Gasteiger partial charge in [-0.3, -0.25) is 4.99 Å². The number of hydrogen-bond donors (Lipinski definition) is 0. The summed E-state index contributed by atoms with van der Waals surface area (Å²) in [7, 11) is 8.08. The number of likely N-dealkylation sites (tertiary alicyclic amines) is 1. The maximum absolute atomic E-state index is 5.51. The molecule has 26 heavy (non-hydrogen) atoms. The summed E-state index contributed by atoms with van der Waals surface area (Å²) in [4.78, 5) is 9.75. The van der Waals surface area contributed by atoms with E-state index in [0.717, 1.165) is 31.0 Å². The maximum Gasteiger partial charge on any atom is 0.119 e. The van der Waals surface area contributed by atoms with Crippen LogP contribution >= 0.6 is 0 Å². The van der Waals surface area contributed by atoms with Crippen LogP contribution in [0, 0.1) is 0 Å². The summed E-state index contributed by atoms with van der Waals surface area (Å²) in [6.07, 6.45) is 1.11. The van der Waals surface area contributed by atoms with Crippen molar-refractivity contribution < 1.29 is 4.74 Å². The predicted molar refractivity (Wildman–Crippen MR) is 108 cm³/mol. The lowest BCUT2D eigenvalue weighted by Crippen LogP contribution is -2.41. The largest absolute Gasteiger partial charge is 0.497 e. The third-order valence-electron chi connectivity index (χ3n) is 5.64. The minimum Gasteiger partial charge on any atom is -0.497 e. The second-order valence-electron chi connectivity index (χ2n) is 7.60. The van der Waals surface area contributed by atoms with E-state index < -0.39 is 0 Å². The summed E-state index contributed by atoms with van der Waals surface area (Å²) < 4.78 is 5.51. The molecule has 4 rings (SSSR count). The van der Waals surface area contributed by atoms with E-state index in [4.69, 9.17) is 9.73 Å². The summed E-state index contributed by atoms with van der Waals surface area (Å²) in [6.45, 7) is 2.16. The Morgan fingerprint density at radius 2 is 1.88 bits per heavy atom. The topological polar surface area (TPSA) is 28.1 Å². The molecule has 2 aromatic rings. The molecule has 4 heteroatoms. The van der Waals surface area contributed by atoms with Crippen LogP contribution in [0.5, 0.6) is 5.75 Å². The first-order valence-electron chi connectivity index (χ1n) is 9.29. The Kier molecular flexibility index (Phi) is 4.45. The number of anilines is 1. The first-order valence-corrected chi connectivity index (χ1v) is 9.29. The van der Waals surface area contributed by atoms with Crippen molar-refractivity contribution in [3.05, 3.63) is 59.2 Å². The molecule has 2 aliphatic heterocycles. The molecule has 2 aromatic carbocycles. The maximum atomic E-state index is 5.51. The van der Waals surface area contributed by atoms with Crippen LogP contribution < -0.4 is 9.64 Å². The van der Waals surface area contributed by atoms with Crippen LogP contribution in [0.15, 0.2) is 47.5 Å². The fourth-order valence-corrected chi connectivity index (χ4v) is 4.14. The Hall–Kier alpha value is -2.33. The van der Waals surface area contributed by atoms with Gasteiger partial charge in [-0.2, -0.15) is 0 Å². The highest BCUT2D eigenvalue weighted by molar-refractivity contribution is 6.14. The van der Waals surface area contributed by atoms with Crippen LogP contribution in [0.2, 0.25) is 0 Å². The van der Waals surface area contributed by atoms with Gasteiger partial charge < -0.3 is 14.5 Å². The lowest BCUT2D eigenvalue weighted by atomic mass is 9.79. The zero-order valence-corrected chi connectivity index (χ0v) is 16.1. The van der Waals surface area contributed by atoms with Crippen LogP contribution in [-0.4, -0.2) is 58.0 Å². The quantitative estimate of drug-likeness (QED) is 0.850. The van der Waals surface area contributed by atoms with E-state index in [-0.39, 0.29) is 0 Å². The number of nitrogens with zero attached hydrogens (tertiary/aromatic N) is 3. The van der Waals surface area contributed by atoms with E-state index in [9.17, 15) is 0 Å². The van der Waals surface area contributed by atoms with Crippen LogP contribution in [0.3, 0.4) is 0 Å². The zero-order chi connectivity index (χ0) is 18.3. The van der Waals surface area contributed by atoms with E-state index in [2.05, 4.69) is 73.4 Å². The van der Waals surface area contributed by atoms with Crippen LogP contribution in [0.25, 0.3) is 0 Å². The molecule has 0 aromatic heterocycles. The average Bonchev–Trinajstić information content (AvgIpc) is 2.67. The summed E-state index contributed by atoms with van der Waals surface area (Å²) >= 11 is 0. The number of benzene rings is 2. The second kappa shape index (κ2) is 6.76. The molecule has 0 spiro atoms. The van der Waals surface area contributed by atoms with Gasteiger partial charge in [0.25, 0.3) is 0 Å². The van der Waals surface area contributed by atoms with Crippen LogP contribution in [0.1, 0.15) is 29.0 Å². The first kappa shape index (κ1) is 17.1. The van der Waals surface area contributed by atoms with Gasteiger partial charge in [-0.1, -0.05) is 12.1 Å². The molecule has 0 amide bonds. The number of aliphatic imine (C=N–C) groups is 1. The van der Waals surface area contributed by atoms with E-state index in [1.165, 1.54) is 22.4 Å². The van der Waals surface area contributed by atoms with Gasteiger partial charge in [0.1, 0.15) is 5.75 Å². The molecule has 4 nitrogen and oxygen atoms in total. The van der Waals surface area contributed by atoms with E-state index in [1.54, 1.807) is 7.11 Å². The summed E-state index contributed by atoms with van der Waals surface area (Å²) in [6, 6.07) is 15.5. The van der Waals surface area contributed by atoms with Crippen molar-refractivity contribution in [3.8, 4) is 5.75 Å². The second-order valence-corrected chi connectivity index (χ2v) is 7.60. The lowest BCUT2D eigenvalue weighted by molar-refractivity contribution is 0.227. The molecule has 136 valence electrons. The van der Waals surface area contributed by atoms with E-state index in [0.29, 0.717) is 12.0 Å². The Morgan fingerprint density at radius 3 is 2.58 bits per heavy atom. The third kappa shape index (κ3) is 2.99. The van der Waals surface area contributed by atoms with Crippen molar-refractivity contribution in [1.82, 2.24) is 4.90 Å². The normalized spacial score (nSPS) is 22.2. The highest BCUT2D eigenvalue weighted by atomic mass is 16.5. The number of ether oxygens (including phenoxy) is 1. The molecule has 1 saturated heterocycles. The fraction of sp³-hybridized carbons (Fsp3) is 0.409. The van der Waals surface area contributed by atoms with Gasteiger partial charge in [-0.15, -0.1) is 0 Å². The van der Waals surface area contributed by atoms with Crippen LogP contribution in [-0.2, 0) is 0 Å². The number of rotatable bonds is 3. The van der Waals surface area contributed by atoms with Crippen molar-refractivity contribution in [2.24, 2.45) is 4.99 Å². The SMILES string of the molecule is COc1ccc2c(c1)[C@H]1CN(C)CC[C@H]1N=C2c1ccc(N(C)C)cc1. The molecule has 0 N–H and O–H groups in total. The van der Waals surface area contributed by atoms with Crippen molar-refractivity contribution in [1.29, 1.82) is 0 Å². The van der Waals surface area contributed by atoms with Crippen molar-refractivity contribution in [3.63, 3.8) is 0 Å². The highest BCUT2D eigenvalue weighted by Gasteiger charge is 2.35. The van der Waals surface area contributed by atoms with E-state index >= 15 is 0 Å². The molecule has 0 bridgehead atoms. The standard InChI is InChI=1S/C22H27N3O/c1-24(2)16-7-5-15(6-8-16)22-18-10-9-17(26-4)13-19(18)20-14-25(3)12-11-21(20)23-22/h5-10,13,20-21H,11-12,14H2,1-4H3/t20-,21-/m1/s1. The number of fused-ring (bicyclic) bond motifs is 3. The minimum absolute atomic E-state index is 0.356. The number of hydrogen-bond acceptors (Lipinski definition) is 4. The number of likely N-dealkylation sites (N-methyl/N-ethyl adjacent to an activating group) is 1. The Morgan fingerprint density at radius 1 is 1.12 bits per heavy atom. The van der Waals surface area contributed by atoms with Gasteiger partial charge in [0, 0.05) is 43.4 Å². The Balaban J connectivity index is 1.80. The van der Waals surface area contributed by atoms with E-state index in [1.807, 2.05) is 0 Å². The highest BCUT2D eigenvalue weighted by Crippen LogP contribution is 2.38. The summed E-state index contributed by atoms with van der Waals surface area (Å²) in [5.74, 6) is 1.38. The lowest BCUT2D eigenvalue weighted by Gasteiger charge is -2.39. The number of methoxy groups -OCH3 is 1. The van der Waals surface area contributed by atoms with Gasteiger partial charge in [0.15, 0.2) is 0 Å². The fourth-order valence-electron chi connectivity index (χ4n) is 4.14. The number of piperidine rings is 1. The molecule has 0 aliphatic carbocycles. The molecule has 2 aliphatic rings. The zero-order valence-electron chi connectivity index (χ0n) is 16.1. The third-order valence-corrected chi connectivity index (χ3v) is 5.64. The predicted octanol–water partition coefficient (Wildman–Crippen LogP) is 3.40. The summed E-state index contributed by atoms with van der Waals surface area (Å²) in [5.41, 5.74) is 6.15. The average molecular weight is 349 g/mol. The van der Waals surface area contributed by atoms with Crippen LogP contribution in [0.4, 0.5) is 5.69 Å². The van der Waals surface area contributed by atoms with Gasteiger partial charge in [-0.25, -0.2) is 0 Å². The van der Waals surface area contributed by atoms with Crippen molar-refractivity contribution in [2.45, 2.75) is 18.4 Å². The van der Waals surface area contributed by atoms with Gasteiger partial charge in [-0.05, 0) is 55.9 Å². The molecule has 0 unspecified atom stereocenters. The molecule has 0 radical (unpaired) electrons. The summed E-state index contributed by atoms with van der Waals surface area (Å²) in [5, 5.41) is 0. The molecule has 2 heterocycles. The van der Waals surface area contributed by atoms with Gasteiger partial charge in [0.05, 0.1) is 18.9 Å². The molecular weight excluding hydrogens is 322 g/mol. The first-order chi connectivity index (χ1) is 12.6. The smallest absolute Gasteiger partial charge is 0.119 e. The molecule has 1 fully saturated rings.